The van der Waals surface area contributed by atoms with Gasteiger partial charge in [0.15, 0.2) is 11.3 Å². The smallest absolute Gasteiger partial charge is 0.358 e. The average molecular weight is 503 g/mol. The molecule has 0 saturated heterocycles. The van der Waals surface area contributed by atoms with Gasteiger partial charge >= 0.3 is 5.97 Å². The van der Waals surface area contributed by atoms with Crippen molar-refractivity contribution >= 4 is 46.3 Å². The van der Waals surface area contributed by atoms with Gasteiger partial charge in [-0.15, -0.1) is 0 Å². The highest BCUT2D eigenvalue weighted by atomic mass is 35.5. The number of aromatic nitrogens is 3. The van der Waals surface area contributed by atoms with Crippen LogP contribution in [0.4, 0.5) is 15.9 Å². The van der Waals surface area contributed by atoms with E-state index in [1.807, 2.05) is 44.9 Å². The van der Waals surface area contributed by atoms with Crippen molar-refractivity contribution in [3.8, 4) is 11.3 Å². The molecule has 4 aromatic rings. The maximum atomic E-state index is 14.1. The minimum Gasteiger partial charge on any atom is -0.461 e. The van der Waals surface area contributed by atoms with Crippen molar-refractivity contribution in [1.82, 2.24) is 14.6 Å². The molecule has 0 saturated carbocycles. The molecule has 0 unspecified atom stereocenters. The number of anilines is 2. The number of nitrogens with zero attached hydrogens (tertiary/aromatic N) is 4. The van der Waals surface area contributed by atoms with E-state index in [2.05, 4.69) is 10.1 Å². The fourth-order valence-corrected chi connectivity index (χ4v) is 3.93. The first-order valence-corrected chi connectivity index (χ1v) is 11.6. The molecule has 2 aromatic heterocycles. The normalized spacial score (nSPS) is 10.6. The van der Waals surface area contributed by atoms with Gasteiger partial charge in [0.05, 0.1) is 28.0 Å². The van der Waals surface area contributed by atoms with Gasteiger partial charge in [-0.25, -0.2) is 14.2 Å². The number of carbonyl (C=O) groups is 1. The quantitative estimate of drug-likeness (QED) is 0.272. The van der Waals surface area contributed by atoms with Crippen LogP contribution in [-0.4, -0.2) is 34.2 Å². The lowest BCUT2D eigenvalue weighted by molar-refractivity contribution is 0.0519. The van der Waals surface area contributed by atoms with Crippen LogP contribution in [0.5, 0.6) is 0 Å². The van der Waals surface area contributed by atoms with E-state index in [1.54, 1.807) is 25.1 Å². The Labute approximate surface area is 207 Å². The number of benzene rings is 2. The summed E-state index contributed by atoms with van der Waals surface area (Å²) in [7, 11) is 1.83. The predicted octanol–water partition coefficient (Wildman–Crippen LogP) is 7.12. The van der Waals surface area contributed by atoms with Crippen LogP contribution in [0.25, 0.3) is 16.9 Å². The number of rotatable bonds is 5. The van der Waals surface area contributed by atoms with E-state index >= 15 is 0 Å². The maximum Gasteiger partial charge on any atom is 0.358 e. The molecule has 178 valence electrons. The van der Waals surface area contributed by atoms with Crippen LogP contribution < -0.4 is 4.90 Å². The summed E-state index contributed by atoms with van der Waals surface area (Å²) in [6.45, 7) is 7.89. The second-order valence-corrected chi connectivity index (χ2v) is 7.93. The molecule has 9 heteroatoms. The van der Waals surface area contributed by atoms with E-state index in [-0.39, 0.29) is 17.3 Å². The third-order valence-electron chi connectivity index (χ3n) is 4.98. The van der Waals surface area contributed by atoms with E-state index in [0.29, 0.717) is 27.7 Å². The summed E-state index contributed by atoms with van der Waals surface area (Å²) in [5.41, 5.74) is 3.23. The number of halogens is 3. The molecule has 0 bridgehead atoms. The topological polar surface area (TPSA) is 59.7 Å². The summed E-state index contributed by atoms with van der Waals surface area (Å²) in [5, 5.41) is 4.97. The van der Waals surface area contributed by atoms with Gasteiger partial charge in [0.25, 0.3) is 0 Å². The minimum atomic E-state index is -0.556. The van der Waals surface area contributed by atoms with Crippen molar-refractivity contribution in [3.05, 3.63) is 75.7 Å². The molecule has 0 aliphatic carbocycles. The van der Waals surface area contributed by atoms with Crippen molar-refractivity contribution in [1.29, 1.82) is 0 Å². The minimum absolute atomic E-state index is 0.0211. The van der Waals surface area contributed by atoms with E-state index in [0.717, 1.165) is 11.3 Å². The van der Waals surface area contributed by atoms with Crippen LogP contribution in [-0.2, 0) is 4.74 Å². The second kappa shape index (κ2) is 10.8. The zero-order valence-corrected chi connectivity index (χ0v) is 21.1. The van der Waals surface area contributed by atoms with E-state index in [4.69, 9.17) is 27.9 Å². The lowest BCUT2D eigenvalue weighted by atomic mass is 10.1. The molecular weight excluding hydrogens is 478 g/mol. The number of ether oxygens (including phenoxy) is 1. The summed E-state index contributed by atoms with van der Waals surface area (Å²) in [6, 6.07) is 13.3. The molecule has 0 fully saturated rings. The number of para-hydroxylation sites is 1. The van der Waals surface area contributed by atoms with Gasteiger partial charge < -0.3 is 9.64 Å². The van der Waals surface area contributed by atoms with E-state index < -0.39 is 11.8 Å². The standard InChI is InChI=1S/C23H19Cl2FN4O2.C2H6/c1-4-32-23(31)19-11-20-27-18(14-8-9-15(24)17(26)10-14)12-21(30(20)28-19)29(3)22-13(2)6-5-7-16(22)25;1-2/h5-12H,4H2,1-3H3;1-2H3. The second-order valence-electron chi connectivity index (χ2n) is 7.11. The molecule has 0 spiro atoms. The molecule has 2 heterocycles. The first-order chi connectivity index (χ1) is 16.3. The molecule has 0 aliphatic rings. The summed E-state index contributed by atoms with van der Waals surface area (Å²) in [4.78, 5) is 18.7. The summed E-state index contributed by atoms with van der Waals surface area (Å²) in [6.07, 6.45) is 0. The van der Waals surface area contributed by atoms with Gasteiger partial charge in [-0.1, -0.05) is 55.2 Å². The highest BCUT2D eigenvalue weighted by molar-refractivity contribution is 6.33. The first kappa shape index (κ1) is 25.5. The third-order valence-corrected chi connectivity index (χ3v) is 5.59. The number of esters is 1. The molecule has 0 aliphatic heterocycles. The van der Waals surface area contributed by atoms with Gasteiger partial charge in [0, 0.05) is 24.7 Å². The molecule has 0 atom stereocenters. The Morgan fingerprint density at radius 1 is 1.12 bits per heavy atom. The number of hydrogen-bond acceptors (Lipinski definition) is 5. The largest absolute Gasteiger partial charge is 0.461 e. The van der Waals surface area contributed by atoms with Gasteiger partial charge in [-0.3, -0.25) is 0 Å². The molecule has 2 aromatic carbocycles. The van der Waals surface area contributed by atoms with Crippen LogP contribution >= 0.6 is 23.2 Å². The molecule has 34 heavy (non-hydrogen) atoms. The average Bonchev–Trinajstić information content (AvgIpc) is 3.26. The van der Waals surface area contributed by atoms with Crippen LogP contribution in [0.2, 0.25) is 10.0 Å². The van der Waals surface area contributed by atoms with Crippen molar-refractivity contribution in [2.75, 3.05) is 18.6 Å². The fraction of sp³-hybridized carbons (Fsp3) is 0.240. The SMILES string of the molecule is CC.CCOC(=O)c1cc2nc(-c3ccc(Cl)c(F)c3)cc(N(C)c3c(C)cccc3Cl)n2n1. The van der Waals surface area contributed by atoms with E-state index in [1.165, 1.54) is 22.7 Å². The first-order valence-electron chi connectivity index (χ1n) is 10.8. The van der Waals surface area contributed by atoms with Crippen molar-refractivity contribution in [2.45, 2.75) is 27.7 Å². The number of aryl methyl sites for hydroxylation is 1. The predicted molar refractivity (Wildman–Crippen MR) is 135 cm³/mol. The molecule has 0 radical (unpaired) electrons. The summed E-state index contributed by atoms with van der Waals surface area (Å²) in [5.74, 6) is -0.532. The van der Waals surface area contributed by atoms with Gasteiger partial charge in [-0.2, -0.15) is 9.61 Å². The van der Waals surface area contributed by atoms with Crippen molar-refractivity contribution in [3.63, 3.8) is 0 Å². The molecule has 0 amide bonds. The third kappa shape index (κ3) is 5.00. The molecule has 6 nitrogen and oxygen atoms in total. The highest BCUT2D eigenvalue weighted by Gasteiger charge is 2.20. The Hall–Kier alpha value is -3.16. The lowest BCUT2D eigenvalue weighted by Crippen LogP contribution is -2.16. The van der Waals surface area contributed by atoms with Gasteiger partial charge in [-0.05, 0) is 37.6 Å². The number of fused-ring (bicyclic) bond motifs is 1. The summed E-state index contributed by atoms with van der Waals surface area (Å²) >= 11 is 12.3. The van der Waals surface area contributed by atoms with Crippen molar-refractivity contribution < 1.29 is 13.9 Å². The maximum absolute atomic E-state index is 14.1. The van der Waals surface area contributed by atoms with Crippen LogP contribution in [0, 0.1) is 12.7 Å². The van der Waals surface area contributed by atoms with E-state index in [9.17, 15) is 9.18 Å². The number of carbonyl (C=O) groups excluding carboxylic acids is 1. The Kier molecular flexibility index (Phi) is 8.12. The van der Waals surface area contributed by atoms with Gasteiger partial charge in [0.1, 0.15) is 11.6 Å². The molecule has 0 N–H and O–H groups in total. The Morgan fingerprint density at radius 3 is 2.50 bits per heavy atom. The highest BCUT2D eigenvalue weighted by Crippen LogP contribution is 2.35. The zero-order chi connectivity index (χ0) is 25.0. The molecule has 4 rings (SSSR count). The zero-order valence-electron chi connectivity index (χ0n) is 19.6. The van der Waals surface area contributed by atoms with Gasteiger partial charge in [0.2, 0.25) is 0 Å². The summed E-state index contributed by atoms with van der Waals surface area (Å²) < 4.78 is 20.8. The lowest BCUT2D eigenvalue weighted by Gasteiger charge is -2.24. The monoisotopic (exact) mass is 502 g/mol. The fourth-order valence-electron chi connectivity index (χ4n) is 3.47. The Balaban J connectivity index is 0.00000158. The molecular formula is C25H25Cl2FN4O2. The van der Waals surface area contributed by atoms with Crippen LogP contribution in [0.3, 0.4) is 0 Å². The van der Waals surface area contributed by atoms with Crippen LogP contribution in [0.1, 0.15) is 36.8 Å². The van der Waals surface area contributed by atoms with Crippen LogP contribution in [0.15, 0.2) is 48.5 Å². The Morgan fingerprint density at radius 2 is 1.85 bits per heavy atom. The number of hydrogen-bond donors (Lipinski definition) is 0. The Bertz CT molecular complexity index is 1320. The van der Waals surface area contributed by atoms with Crippen molar-refractivity contribution in [2.24, 2.45) is 0 Å².